The van der Waals surface area contributed by atoms with E-state index in [-0.39, 0.29) is 0 Å². The fourth-order valence-corrected chi connectivity index (χ4v) is 5.38. The fourth-order valence-electron chi connectivity index (χ4n) is 5.38. The number of rotatable bonds is 5. The minimum Gasteiger partial charge on any atom is -0.483 e. The third-order valence-corrected chi connectivity index (χ3v) is 7.49. The zero-order valence-electron chi connectivity index (χ0n) is 19.9. The Labute approximate surface area is 201 Å². The summed E-state index contributed by atoms with van der Waals surface area (Å²) >= 11 is 0. The first-order chi connectivity index (χ1) is 16.8. The zero-order chi connectivity index (χ0) is 22.9. The first-order valence-corrected chi connectivity index (χ1v) is 12.6. The second-order valence-electron chi connectivity index (χ2n) is 9.56. The van der Waals surface area contributed by atoms with E-state index in [1.165, 1.54) is 31.5 Å². The van der Waals surface area contributed by atoms with Gasteiger partial charge in [-0.1, -0.05) is 31.2 Å². The number of imidazole rings is 1. The number of likely N-dealkylation sites (tertiary alicyclic amines) is 1. The molecule has 0 atom stereocenters. The second-order valence-corrected chi connectivity index (χ2v) is 9.56. The molecule has 3 aromatic rings. The Hall–Kier alpha value is -2.74. The molecule has 0 N–H and O–H groups in total. The normalized spacial score (nSPS) is 19.4. The molecule has 0 unspecified atom stereocenters. The Morgan fingerprint density at radius 2 is 1.79 bits per heavy atom. The van der Waals surface area contributed by atoms with Gasteiger partial charge < -0.3 is 14.4 Å². The summed E-state index contributed by atoms with van der Waals surface area (Å²) in [5.41, 5.74) is 5.56. The highest BCUT2D eigenvalue weighted by Crippen LogP contribution is 2.34. The molecule has 7 heteroatoms. The van der Waals surface area contributed by atoms with Crippen LogP contribution >= 0.6 is 0 Å². The van der Waals surface area contributed by atoms with Crippen LogP contribution in [0.15, 0.2) is 42.7 Å². The van der Waals surface area contributed by atoms with Crippen LogP contribution in [0, 0.1) is 0 Å². The number of pyridine rings is 1. The molecule has 0 spiro atoms. The fraction of sp³-hybridized carbons (Fsp3) is 0.481. The predicted molar refractivity (Wildman–Crippen MR) is 131 cm³/mol. The number of aromatic nitrogens is 3. The highest BCUT2D eigenvalue weighted by atomic mass is 16.5. The lowest BCUT2D eigenvalue weighted by atomic mass is 9.89. The summed E-state index contributed by atoms with van der Waals surface area (Å²) in [6.45, 7) is 10.7. The lowest BCUT2D eigenvalue weighted by Gasteiger charge is -2.31. The maximum absolute atomic E-state index is 6.09. The Kier molecular flexibility index (Phi) is 6.07. The molecule has 5 heterocycles. The second kappa shape index (κ2) is 9.49. The van der Waals surface area contributed by atoms with Crippen LogP contribution in [-0.2, 0) is 17.9 Å². The highest BCUT2D eigenvalue weighted by molar-refractivity contribution is 5.64. The van der Waals surface area contributed by atoms with Crippen LogP contribution in [0.1, 0.15) is 42.8 Å². The average Bonchev–Trinajstić information content (AvgIpc) is 3.32. The third-order valence-electron chi connectivity index (χ3n) is 7.49. The Morgan fingerprint density at radius 1 is 1.00 bits per heavy atom. The molecule has 0 radical (unpaired) electrons. The summed E-state index contributed by atoms with van der Waals surface area (Å²) in [6.07, 6.45) is 6.55. The SMILES string of the molecule is CCN1CCC(c2ccc(-c3cc4c(cn3)-n3cc(CN5CCOCC5)nc3CO4)cc2)CC1. The van der Waals surface area contributed by atoms with E-state index in [2.05, 4.69) is 57.8 Å². The van der Waals surface area contributed by atoms with Crippen molar-refractivity contribution < 1.29 is 9.47 Å². The molecule has 2 fully saturated rings. The van der Waals surface area contributed by atoms with Crippen LogP contribution in [0.25, 0.3) is 16.9 Å². The molecule has 0 aliphatic carbocycles. The van der Waals surface area contributed by atoms with Crippen LogP contribution in [-0.4, -0.2) is 70.3 Å². The van der Waals surface area contributed by atoms with Crippen LogP contribution < -0.4 is 4.74 Å². The molecule has 1 aromatic carbocycles. The van der Waals surface area contributed by atoms with Crippen molar-refractivity contribution in [1.82, 2.24) is 24.3 Å². The summed E-state index contributed by atoms with van der Waals surface area (Å²) in [5.74, 6) is 2.47. The maximum atomic E-state index is 6.09. The van der Waals surface area contributed by atoms with Crippen LogP contribution in [0.2, 0.25) is 0 Å². The number of fused-ring (bicyclic) bond motifs is 3. The Balaban J connectivity index is 1.18. The molecule has 178 valence electrons. The van der Waals surface area contributed by atoms with Crippen molar-refractivity contribution in [2.24, 2.45) is 0 Å². The van der Waals surface area contributed by atoms with Crippen molar-refractivity contribution in [3.05, 3.63) is 59.8 Å². The van der Waals surface area contributed by atoms with Gasteiger partial charge in [0.15, 0.2) is 5.82 Å². The lowest BCUT2D eigenvalue weighted by molar-refractivity contribution is 0.0337. The largest absolute Gasteiger partial charge is 0.483 e. The molecule has 3 aliphatic rings. The van der Waals surface area contributed by atoms with Gasteiger partial charge in [-0.25, -0.2) is 4.98 Å². The van der Waals surface area contributed by atoms with E-state index in [1.54, 1.807) is 0 Å². The Morgan fingerprint density at radius 3 is 2.56 bits per heavy atom. The molecular weight excluding hydrogens is 426 g/mol. The smallest absolute Gasteiger partial charge is 0.151 e. The predicted octanol–water partition coefficient (Wildman–Crippen LogP) is 3.86. The molecule has 6 rings (SSSR count). The van der Waals surface area contributed by atoms with E-state index < -0.39 is 0 Å². The van der Waals surface area contributed by atoms with E-state index in [4.69, 9.17) is 19.4 Å². The lowest BCUT2D eigenvalue weighted by Crippen LogP contribution is -2.35. The van der Waals surface area contributed by atoms with E-state index in [0.717, 1.165) is 73.6 Å². The summed E-state index contributed by atoms with van der Waals surface area (Å²) in [4.78, 5) is 14.5. The van der Waals surface area contributed by atoms with Crippen molar-refractivity contribution in [2.45, 2.75) is 38.8 Å². The molecular formula is C27H33N5O2. The van der Waals surface area contributed by atoms with Gasteiger partial charge in [0.05, 0.1) is 30.8 Å². The molecule has 2 saturated heterocycles. The van der Waals surface area contributed by atoms with Gasteiger partial charge in [-0.3, -0.25) is 14.5 Å². The maximum Gasteiger partial charge on any atom is 0.151 e. The average molecular weight is 460 g/mol. The first-order valence-electron chi connectivity index (χ1n) is 12.6. The van der Waals surface area contributed by atoms with Gasteiger partial charge in [-0.05, 0) is 44.0 Å². The van der Waals surface area contributed by atoms with Gasteiger partial charge in [0, 0.05) is 37.5 Å². The van der Waals surface area contributed by atoms with E-state index in [9.17, 15) is 0 Å². The van der Waals surface area contributed by atoms with E-state index >= 15 is 0 Å². The molecule has 3 aliphatic heterocycles. The number of morpholine rings is 1. The van der Waals surface area contributed by atoms with Crippen LogP contribution in [0.5, 0.6) is 5.75 Å². The van der Waals surface area contributed by atoms with Crippen molar-refractivity contribution in [1.29, 1.82) is 0 Å². The minimum atomic E-state index is 0.481. The number of hydrogen-bond donors (Lipinski definition) is 0. The van der Waals surface area contributed by atoms with Gasteiger partial charge >= 0.3 is 0 Å². The van der Waals surface area contributed by atoms with Crippen molar-refractivity contribution >= 4 is 0 Å². The van der Waals surface area contributed by atoms with Crippen LogP contribution in [0.3, 0.4) is 0 Å². The Bertz CT molecular complexity index is 1130. The number of hydrogen-bond acceptors (Lipinski definition) is 6. The van der Waals surface area contributed by atoms with Crippen molar-refractivity contribution in [2.75, 3.05) is 45.9 Å². The van der Waals surface area contributed by atoms with E-state index in [0.29, 0.717) is 12.5 Å². The zero-order valence-corrected chi connectivity index (χ0v) is 19.9. The summed E-state index contributed by atoms with van der Waals surface area (Å²) in [7, 11) is 0. The summed E-state index contributed by atoms with van der Waals surface area (Å²) in [5, 5.41) is 0. The van der Waals surface area contributed by atoms with Gasteiger partial charge in [-0.15, -0.1) is 0 Å². The van der Waals surface area contributed by atoms with Gasteiger partial charge in [0.25, 0.3) is 0 Å². The molecule has 7 nitrogen and oxygen atoms in total. The number of nitrogens with zero attached hydrogens (tertiary/aromatic N) is 5. The minimum absolute atomic E-state index is 0.481. The monoisotopic (exact) mass is 459 g/mol. The first kappa shape index (κ1) is 21.8. The van der Waals surface area contributed by atoms with Gasteiger partial charge in [0.2, 0.25) is 0 Å². The standard InChI is InChI=1S/C27H33N5O2/c1-2-30-9-7-21(8-10-30)20-3-5-22(6-4-20)24-15-26-25(16-28-24)32-18-23(29-27(32)19-34-26)17-31-11-13-33-14-12-31/h3-6,15-16,18,21H,2,7-14,17,19H2,1H3. The number of benzene rings is 1. The quantitative estimate of drug-likeness (QED) is 0.578. The molecule has 2 aromatic heterocycles. The summed E-state index contributed by atoms with van der Waals surface area (Å²) in [6, 6.07) is 11.1. The van der Waals surface area contributed by atoms with Gasteiger partial charge in [0.1, 0.15) is 18.0 Å². The number of ether oxygens (including phenoxy) is 2. The molecule has 0 saturated carbocycles. The van der Waals surface area contributed by atoms with E-state index in [1.807, 2.05) is 6.20 Å². The molecule has 0 bridgehead atoms. The van der Waals surface area contributed by atoms with Crippen molar-refractivity contribution in [3.63, 3.8) is 0 Å². The molecule has 34 heavy (non-hydrogen) atoms. The van der Waals surface area contributed by atoms with Crippen LogP contribution in [0.4, 0.5) is 0 Å². The molecule has 0 amide bonds. The number of piperidine rings is 1. The van der Waals surface area contributed by atoms with Crippen molar-refractivity contribution in [3.8, 4) is 22.7 Å². The highest BCUT2D eigenvalue weighted by Gasteiger charge is 2.23. The van der Waals surface area contributed by atoms with Gasteiger partial charge in [-0.2, -0.15) is 0 Å². The third kappa shape index (κ3) is 4.35. The topological polar surface area (TPSA) is 55.7 Å². The summed E-state index contributed by atoms with van der Waals surface area (Å²) < 4.78 is 13.7.